The molecule has 5 saturated carbocycles. The van der Waals surface area contributed by atoms with Crippen LogP contribution in [-0.2, 0) is 0 Å². The number of aliphatic hydroxyl groups is 2. The van der Waals surface area contributed by atoms with E-state index >= 15 is 0 Å². The minimum Gasteiger partial charge on any atom is -0.365 e. The van der Waals surface area contributed by atoms with Crippen molar-refractivity contribution in [2.45, 2.75) is 125 Å². The van der Waals surface area contributed by atoms with Crippen LogP contribution in [0.1, 0.15) is 120 Å². The second-order valence-electron chi connectivity index (χ2n) is 15.3. The monoisotopic (exact) mass is 444 g/mol. The van der Waals surface area contributed by atoms with Crippen molar-refractivity contribution in [3.63, 3.8) is 0 Å². The summed E-state index contributed by atoms with van der Waals surface area (Å²) in [5, 5.41) is 23.1. The molecule has 2 nitrogen and oxygen atoms in total. The summed E-state index contributed by atoms with van der Waals surface area (Å²) < 4.78 is 0. The average Bonchev–Trinajstić information content (AvgIpc) is 2.70. The maximum atomic E-state index is 11.6. The van der Waals surface area contributed by atoms with E-state index in [1.165, 1.54) is 44.9 Å². The van der Waals surface area contributed by atoms with E-state index in [1.54, 1.807) is 0 Å². The quantitative estimate of drug-likeness (QED) is 0.381. The molecule has 2 N–H and O–H groups in total. The standard InChI is InChI=1S/C30H52O2/c1-19-11-13-26(5)16-17-27(6)21(24(26)20(19)2)9-10-23-28(27,7)14-12-22-25(3,4)15-18-30(31,32)29(22,23)8/h19-24,31-32H,9-18H2,1-8H3/t19-,20+,21-,22+,23+,24+,26-,27-,28-,29+/m1/s1. The van der Waals surface area contributed by atoms with Gasteiger partial charge in [0.05, 0.1) is 0 Å². The topological polar surface area (TPSA) is 40.5 Å². The molecule has 0 aliphatic heterocycles. The molecule has 0 aromatic rings. The fraction of sp³-hybridized carbons (Fsp3) is 1.00. The molecule has 0 saturated heterocycles. The number of rotatable bonds is 0. The summed E-state index contributed by atoms with van der Waals surface area (Å²) in [7, 11) is 0. The van der Waals surface area contributed by atoms with Crippen LogP contribution in [0.25, 0.3) is 0 Å². The predicted molar refractivity (Wildman–Crippen MR) is 132 cm³/mol. The molecule has 5 rings (SSSR count). The van der Waals surface area contributed by atoms with Crippen LogP contribution in [0.4, 0.5) is 0 Å². The van der Waals surface area contributed by atoms with Gasteiger partial charge >= 0.3 is 0 Å². The third-order valence-corrected chi connectivity index (χ3v) is 14.1. The van der Waals surface area contributed by atoms with E-state index < -0.39 is 11.2 Å². The normalized spacial score (nSPS) is 58.7. The van der Waals surface area contributed by atoms with E-state index in [2.05, 4.69) is 55.4 Å². The van der Waals surface area contributed by atoms with Gasteiger partial charge in [-0.25, -0.2) is 0 Å². The van der Waals surface area contributed by atoms with Crippen molar-refractivity contribution in [1.82, 2.24) is 0 Å². The van der Waals surface area contributed by atoms with Gasteiger partial charge in [-0.05, 0) is 115 Å². The Hall–Kier alpha value is -0.0800. The third kappa shape index (κ3) is 2.66. The summed E-state index contributed by atoms with van der Waals surface area (Å²) in [6.07, 6.45) is 11.9. The van der Waals surface area contributed by atoms with Gasteiger partial charge in [0.15, 0.2) is 5.79 Å². The SMILES string of the molecule is C[C@@H]1[C@H]2[C@H]3CC[C@@H]4[C@]5(C)[C@@H](CC[C@@]4(C)[C@]3(C)CC[C@@]2(C)CC[C@H]1C)C(C)(C)CCC5(O)O. The van der Waals surface area contributed by atoms with Crippen LogP contribution in [0, 0.1) is 62.6 Å². The molecule has 0 heterocycles. The molecular formula is C30H52O2. The first-order chi connectivity index (χ1) is 14.6. The zero-order chi connectivity index (χ0) is 23.5. The van der Waals surface area contributed by atoms with Crippen LogP contribution < -0.4 is 0 Å². The third-order valence-electron chi connectivity index (χ3n) is 14.1. The van der Waals surface area contributed by atoms with E-state index in [1.807, 2.05) is 0 Å². The lowest BCUT2D eigenvalue weighted by Crippen LogP contribution is -2.71. The van der Waals surface area contributed by atoms with E-state index in [4.69, 9.17) is 0 Å². The highest BCUT2D eigenvalue weighted by Crippen LogP contribution is 2.77. The Morgan fingerprint density at radius 2 is 1.31 bits per heavy atom. The summed E-state index contributed by atoms with van der Waals surface area (Å²) in [5.41, 5.74) is 0.832. The summed E-state index contributed by atoms with van der Waals surface area (Å²) in [5.74, 6) is 2.57. The van der Waals surface area contributed by atoms with Gasteiger partial charge in [-0.3, -0.25) is 0 Å². The molecule has 184 valence electrons. The summed E-state index contributed by atoms with van der Waals surface area (Å²) in [6.45, 7) is 20.1. The first kappa shape index (κ1) is 23.7. The lowest BCUT2D eigenvalue weighted by Gasteiger charge is -2.75. The second kappa shape index (κ2) is 6.77. The van der Waals surface area contributed by atoms with Crippen molar-refractivity contribution < 1.29 is 10.2 Å². The highest BCUT2D eigenvalue weighted by atomic mass is 16.5. The number of fused-ring (bicyclic) bond motifs is 7. The highest BCUT2D eigenvalue weighted by molar-refractivity contribution is 5.20. The minimum absolute atomic E-state index is 0.196. The van der Waals surface area contributed by atoms with Gasteiger partial charge < -0.3 is 10.2 Å². The zero-order valence-corrected chi connectivity index (χ0v) is 22.4. The smallest absolute Gasteiger partial charge is 0.168 e. The molecular weight excluding hydrogens is 392 g/mol. The van der Waals surface area contributed by atoms with Gasteiger partial charge in [0.25, 0.3) is 0 Å². The van der Waals surface area contributed by atoms with Gasteiger partial charge in [-0.15, -0.1) is 0 Å². The predicted octanol–water partition coefficient (Wildman–Crippen LogP) is 7.42. The molecule has 10 atom stereocenters. The molecule has 5 aliphatic carbocycles. The molecule has 0 aromatic carbocycles. The molecule has 0 amide bonds. The summed E-state index contributed by atoms with van der Waals surface area (Å²) >= 11 is 0. The molecule has 0 aromatic heterocycles. The van der Waals surface area contributed by atoms with E-state index in [0.717, 1.165) is 36.5 Å². The Kier molecular flexibility index (Phi) is 5.01. The minimum atomic E-state index is -1.53. The first-order valence-corrected chi connectivity index (χ1v) is 14.1. The van der Waals surface area contributed by atoms with E-state index in [9.17, 15) is 10.2 Å². The van der Waals surface area contributed by atoms with Gasteiger partial charge in [0.2, 0.25) is 0 Å². The van der Waals surface area contributed by atoms with Crippen molar-refractivity contribution in [3.05, 3.63) is 0 Å². The van der Waals surface area contributed by atoms with E-state index in [-0.39, 0.29) is 10.8 Å². The van der Waals surface area contributed by atoms with Crippen LogP contribution in [-0.4, -0.2) is 16.0 Å². The Balaban J connectivity index is 1.58. The molecule has 0 spiro atoms. The molecule has 5 aliphatic rings. The van der Waals surface area contributed by atoms with Crippen molar-refractivity contribution in [3.8, 4) is 0 Å². The second-order valence-corrected chi connectivity index (χ2v) is 15.3. The van der Waals surface area contributed by atoms with Crippen LogP contribution in [0.2, 0.25) is 0 Å². The first-order valence-electron chi connectivity index (χ1n) is 14.1. The number of hydrogen-bond acceptors (Lipinski definition) is 2. The van der Waals surface area contributed by atoms with Crippen LogP contribution in [0.15, 0.2) is 0 Å². The van der Waals surface area contributed by atoms with Gasteiger partial charge in [0.1, 0.15) is 0 Å². The Bertz CT molecular complexity index is 771. The maximum Gasteiger partial charge on any atom is 0.168 e. The van der Waals surface area contributed by atoms with Crippen molar-refractivity contribution in [2.24, 2.45) is 62.6 Å². The molecule has 0 unspecified atom stereocenters. The lowest BCUT2D eigenvalue weighted by molar-refractivity contribution is -0.353. The largest absolute Gasteiger partial charge is 0.365 e. The van der Waals surface area contributed by atoms with Crippen molar-refractivity contribution in [1.29, 1.82) is 0 Å². The van der Waals surface area contributed by atoms with Crippen LogP contribution in [0.3, 0.4) is 0 Å². The Morgan fingerprint density at radius 1 is 0.625 bits per heavy atom. The Morgan fingerprint density at radius 3 is 2.00 bits per heavy atom. The highest BCUT2D eigenvalue weighted by Gasteiger charge is 2.73. The van der Waals surface area contributed by atoms with Gasteiger partial charge in [-0.2, -0.15) is 0 Å². The fourth-order valence-electron chi connectivity index (χ4n) is 11.6. The number of hydrogen-bond donors (Lipinski definition) is 2. The average molecular weight is 445 g/mol. The summed E-state index contributed by atoms with van der Waals surface area (Å²) in [4.78, 5) is 0. The van der Waals surface area contributed by atoms with E-state index in [0.29, 0.717) is 29.1 Å². The van der Waals surface area contributed by atoms with Crippen molar-refractivity contribution in [2.75, 3.05) is 0 Å². The lowest BCUT2D eigenvalue weighted by atomic mass is 9.30. The Labute approximate surface area is 198 Å². The van der Waals surface area contributed by atoms with Crippen LogP contribution >= 0.6 is 0 Å². The van der Waals surface area contributed by atoms with Gasteiger partial charge in [0, 0.05) is 11.8 Å². The maximum absolute atomic E-state index is 11.6. The summed E-state index contributed by atoms with van der Waals surface area (Å²) in [6, 6.07) is 0. The fourth-order valence-corrected chi connectivity index (χ4v) is 11.6. The zero-order valence-electron chi connectivity index (χ0n) is 22.4. The van der Waals surface area contributed by atoms with Crippen LogP contribution in [0.5, 0.6) is 0 Å². The van der Waals surface area contributed by atoms with Crippen molar-refractivity contribution >= 4 is 0 Å². The van der Waals surface area contributed by atoms with Gasteiger partial charge in [-0.1, -0.05) is 55.4 Å². The molecule has 0 radical (unpaired) electrons. The molecule has 32 heavy (non-hydrogen) atoms. The molecule has 5 fully saturated rings. The molecule has 0 bridgehead atoms. The molecule has 2 heteroatoms.